The van der Waals surface area contributed by atoms with Gasteiger partial charge >= 0.3 is 216 Å². The van der Waals surface area contributed by atoms with Gasteiger partial charge in [-0.3, -0.25) is 0 Å². The molecule has 0 spiro atoms. The fraction of sp³-hybridized carbons (Fsp3) is 0.419. The van der Waals surface area contributed by atoms with Gasteiger partial charge in [-0.05, 0) is 0 Å². The first-order valence-electron chi connectivity index (χ1n) is 13.1. The van der Waals surface area contributed by atoms with Crippen molar-refractivity contribution in [3.63, 3.8) is 0 Å². The van der Waals surface area contributed by atoms with Crippen LogP contribution in [0.25, 0.3) is 0 Å². The molecule has 0 N–H and O–H groups in total. The fourth-order valence-electron chi connectivity index (χ4n) is 6.09. The van der Waals surface area contributed by atoms with E-state index in [-0.39, 0.29) is 12.2 Å². The number of fused-ring (bicyclic) bond motifs is 1. The van der Waals surface area contributed by atoms with Gasteiger partial charge in [0.15, 0.2) is 0 Å². The second-order valence-electron chi connectivity index (χ2n) is 9.92. The Morgan fingerprint density at radius 2 is 1.49 bits per heavy atom. The van der Waals surface area contributed by atoms with Crippen LogP contribution in [0.3, 0.4) is 0 Å². The van der Waals surface area contributed by atoms with E-state index in [4.69, 9.17) is 14.2 Å². The molecule has 2 fully saturated rings. The van der Waals surface area contributed by atoms with E-state index in [0.29, 0.717) is 25.7 Å². The van der Waals surface area contributed by atoms with Crippen molar-refractivity contribution in [2.45, 2.75) is 61.5 Å². The summed E-state index contributed by atoms with van der Waals surface area (Å²) in [4.78, 5) is 0.591. The summed E-state index contributed by atoms with van der Waals surface area (Å²) >= 11 is 0.307. The summed E-state index contributed by atoms with van der Waals surface area (Å²) in [6, 6.07) is 24.8. The van der Waals surface area contributed by atoms with Gasteiger partial charge in [0.25, 0.3) is 0 Å². The first-order valence-corrected chi connectivity index (χ1v) is 14.9. The second kappa shape index (κ2) is 10.5. The van der Waals surface area contributed by atoms with Gasteiger partial charge < -0.3 is 0 Å². The van der Waals surface area contributed by atoms with Crippen molar-refractivity contribution in [2.75, 3.05) is 20.3 Å². The van der Waals surface area contributed by atoms with Crippen molar-refractivity contribution in [3.8, 4) is 5.75 Å². The van der Waals surface area contributed by atoms with Crippen molar-refractivity contribution >= 4 is 19.4 Å². The molecule has 0 bridgehead atoms. The van der Waals surface area contributed by atoms with E-state index in [1.807, 2.05) is 0 Å². The van der Waals surface area contributed by atoms with Crippen LogP contribution in [-0.2, 0) is 15.9 Å². The molecule has 4 heteroatoms. The molecule has 0 unspecified atom stereocenters. The third-order valence-electron chi connectivity index (χ3n) is 7.81. The van der Waals surface area contributed by atoms with Gasteiger partial charge in [-0.1, -0.05) is 0 Å². The van der Waals surface area contributed by atoms with Crippen molar-refractivity contribution in [2.24, 2.45) is 0 Å². The minimum atomic E-state index is 0.239. The van der Waals surface area contributed by atoms with E-state index in [1.165, 1.54) is 34.2 Å². The zero-order chi connectivity index (χ0) is 23.6. The average molecular weight is 534 g/mol. The predicted molar refractivity (Wildman–Crippen MR) is 141 cm³/mol. The molecule has 3 aromatic carbocycles. The number of benzene rings is 3. The molecule has 2 saturated heterocycles. The molecule has 3 aromatic rings. The molecule has 6 rings (SSSR count). The standard InChI is InChI=1S/C31H34O3Se/c1-32-23-15-16-24-22(20-23)14-17-29(30(24)21-8-3-2-4-9-21)35-31-25(27-12-6-18-33-27)10-5-11-26(31)28-13-7-19-34-28/h2-5,8-11,15-16,20,27-30H,6-7,12-14,17-19H2,1H3/t27-,28-,29-,30-/m0/s1. The van der Waals surface area contributed by atoms with Crippen LogP contribution in [0.15, 0.2) is 66.7 Å². The summed E-state index contributed by atoms with van der Waals surface area (Å²) in [7, 11) is 1.76. The Morgan fingerprint density at radius 1 is 0.771 bits per heavy atom. The van der Waals surface area contributed by atoms with Gasteiger partial charge in [0.05, 0.1) is 0 Å². The maximum absolute atomic E-state index is 6.24. The number of hydrogen-bond donors (Lipinski definition) is 0. The Balaban J connectivity index is 1.42. The summed E-state index contributed by atoms with van der Waals surface area (Å²) in [6.45, 7) is 1.76. The summed E-state index contributed by atoms with van der Waals surface area (Å²) in [5.74, 6) is 1.37. The molecule has 0 saturated carbocycles. The molecular formula is C31H34O3Se. The molecule has 0 aromatic heterocycles. The molecule has 3 nitrogen and oxygen atoms in total. The summed E-state index contributed by atoms with van der Waals surface area (Å²) in [5.41, 5.74) is 7.21. The van der Waals surface area contributed by atoms with Crippen molar-refractivity contribution in [1.82, 2.24) is 0 Å². The molecule has 182 valence electrons. The van der Waals surface area contributed by atoms with Gasteiger partial charge in [0, 0.05) is 0 Å². The van der Waals surface area contributed by atoms with Crippen LogP contribution >= 0.6 is 0 Å². The number of hydrogen-bond acceptors (Lipinski definition) is 3. The Morgan fingerprint density at radius 3 is 2.11 bits per heavy atom. The van der Waals surface area contributed by atoms with Crippen molar-refractivity contribution in [1.29, 1.82) is 0 Å². The maximum atomic E-state index is 6.24. The molecule has 2 aliphatic heterocycles. The zero-order valence-electron chi connectivity index (χ0n) is 20.5. The fourth-order valence-corrected chi connectivity index (χ4v) is 9.55. The molecule has 3 aliphatic rings. The van der Waals surface area contributed by atoms with Crippen LogP contribution in [0.5, 0.6) is 5.75 Å². The van der Waals surface area contributed by atoms with E-state index in [0.717, 1.165) is 51.1 Å². The van der Waals surface area contributed by atoms with Crippen LogP contribution in [0.2, 0.25) is 4.82 Å². The van der Waals surface area contributed by atoms with E-state index < -0.39 is 0 Å². The van der Waals surface area contributed by atoms with Crippen LogP contribution in [0, 0.1) is 0 Å². The minimum absolute atomic E-state index is 0.239. The van der Waals surface area contributed by atoms with Crippen LogP contribution in [-0.4, -0.2) is 35.3 Å². The Labute approximate surface area is 215 Å². The summed E-state index contributed by atoms with van der Waals surface area (Å²) in [5, 5.41) is 0. The third-order valence-corrected chi connectivity index (χ3v) is 11.0. The van der Waals surface area contributed by atoms with Crippen molar-refractivity contribution in [3.05, 3.63) is 94.5 Å². The van der Waals surface area contributed by atoms with E-state index >= 15 is 0 Å². The first-order chi connectivity index (χ1) is 17.3. The topological polar surface area (TPSA) is 27.7 Å². The van der Waals surface area contributed by atoms with E-state index in [1.54, 1.807) is 11.6 Å². The predicted octanol–water partition coefficient (Wildman–Crippen LogP) is 6.29. The molecule has 0 radical (unpaired) electrons. The third kappa shape index (κ3) is 4.70. The Kier molecular flexibility index (Phi) is 6.98. The van der Waals surface area contributed by atoms with Gasteiger partial charge in [-0.2, -0.15) is 0 Å². The monoisotopic (exact) mass is 534 g/mol. The molecule has 35 heavy (non-hydrogen) atoms. The molecular weight excluding hydrogens is 499 g/mol. The van der Waals surface area contributed by atoms with Crippen LogP contribution in [0.4, 0.5) is 0 Å². The summed E-state index contributed by atoms with van der Waals surface area (Å²) < 4.78 is 19.6. The normalized spacial score (nSPS) is 26.0. The number of methoxy groups -OCH3 is 1. The zero-order valence-corrected chi connectivity index (χ0v) is 22.2. The molecule has 4 atom stereocenters. The molecule has 0 amide bonds. The van der Waals surface area contributed by atoms with Gasteiger partial charge in [0.2, 0.25) is 0 Å². The number of aryl methyl sites for hydroxylation is 1. The van der Waals surface area contributed by atoms with Crippen LogP contribution in [0.1, 0.15) is 78.0 Å². The average Bonchev–Trinajstić information content (AvgIpc) is 3.64. The van der Waals surface area contributed by atoms with E-state index in [2.05, 4.69) is 66.7 Å². The molecule has 2 heterocycles. The Hall–Kier alpha value is -2.10. The number of rotatable bonds is 6. The number of ether oxygens (including phenoxy) is 3. The Bertz CT molecular complexity index is 1110. The van der Waals surface area contributed by atoms with Gasteiger partial charge in [-0.25, -0.2) is 0 Å². The second-order valence-corrected chi connectivity index (χ2v) is 12.5. The van der Waals surface area contributed by atoms with Crippen LogP contribution < -0.4 is 9.20 Å². The van der Waals surface area contributed by atoms with E-state index in [9.17, 15) is 0 Å². The first kappa shape index (κ1) is 23.3. The SMILES string of the molecule is COc1ccc2c(c1)CC[C@H]([Se]c1c([C@@H]3CCCO3)cccc1[C@@H]1CCCO1)[C@H]2c1ccccc1. The quantitative estimate of drug-likeness (QED) is 0.349. The van der Waals surface area contributed by atoms with Gasteiger partial charge in [-0.15, -0.1) is 0 Å². The van der Waals surface area contributed by atoms with Gasteiger partial charge in [0.1, 0.15) is 0 Å². The van der Waals surface area contributed by atoms with Crippen molar-refractivity contribution < 1.29 is 14.2 Å². The summed E-state index contributed by atoms with van der Waals surface area (Å²) in [6.07, 6.45) is 7.37. The molecule has 1 aliphatic carbocycles.